The Labute approximate surface area is 72.8 Å². The Hall–Kier alpha value is -0.830. The van der Waals surface area contributed by atoms with Crippen LogP contribution in [0.2, 0.25) is 0 Å². The number of hydrogen-bond donors (Lipinski definition) is 1. The quantitative estimate of drug-likeness (QED) is 0.622. The van der Waals surface area contributed by atoms with Crippen LogP contribution in [0.4, 0.5) is 0 Å². The molecule has 1 fully saturated rings. The molecule has 1 N–H and O–H groups in total. The Bertz CT molecular complexity index is 193. The Balaban J connectivity index is 2.43. The minimum atomic E-state index is -0.156. The molecule has 0 saturated carbocycles. The van der Waals surface area contributed by atoms with Crippen LogP contribution in [0.15, 0.2) is 12.2 Å². The van der Waals surface area contributed by atoms with Gasteiger partial charge >= 0.3 is 0 Å². The summed E-state index contributed by atoms with van der Waals surface area (Å²) in [6, 6.07) is 0. The van der Waals surface area contributed by atoms with Crippen molar-refractivity contribution in [2.24, 2.45) is 0 Å². The molecule has 1 aliphatic heterocycles. The molecule has 1 amide bonds. The largest absolute Gasteiger partial charge is 0.379 e. The van der Waals surface area contributed by atoms with Crippen molar-refractivity contribution in [2.45, 2.75) is 25.8 Å². The van der Waals surface area contributed by atoms with E-state index < -0.39 is 0 Å². The molecular formula is C9H15NO2. The van der Waals surface area contributed by atoms with Crippen molar-refractivity contribution in [1.82, 2.24) is 5.32 Å². The highest BCUT2D eigenvalue weighted by atomic mass is 16.5. The molecule has 1 heterocycles. The van der Waals surface area contributed by atoms with E-state index in [1.54, 1.807) is 6.08 Å². The number of nitrogens with one attached hydrogen (secondary N) is 1. The zero-order valence-corrected chi connectivity index (χ0v) is 7.59. The maximum atomic E-state index is 11.2. The lowest BCUT2D eigenvalue weighted by atomic mass is 10.0. The highest BCUT2D eigenvalue weighted by Crippen LogP contribution is 2.16. The van der Waals surface area contributed by atoms with Gasteiger partial charge < -0.3 is 10.1 Å². The number of allylic oxidation sites excluding steroid dienone is 1. The Morgan fingerprint density at radius 2 is 2.42 bits per heavy atom. The summed E-state index contributed by atoms with van der Waals surface area (Å²) in [5.41, 5.74) is -0.156. The standard InChI is InChI=1S/C9H15NO2/c1-3-4-8(11)10-9(2)5-6-12-7-9/h3-4H,5-7H2,1-2H3,(H,10,11)/b4-3+. The summed E-state index contributed by atoms with van der Waals surface area (Å²) >= 11 is 0. The maximum Gasteiger partial charge on any atom is 0.244 e. The van der Waals surface area contributed by atoms with Crippen molar-refractivity contribution in [2.75, 3.05) is 13.2 Å². The highest BCUT2D eigenvalue weighted by Gasteiger charge is 2.30. The first-order valence-electron chi connectivity index (χ1n) is 4.19. The van der Waals surface area contributed by atoms with Gasteiger partial charge in [0.1, 0.15) is 0 Å². The fraction of sp³-hybridized carbons (Fsp3) is 0.667. The number of amides is 1. The molecule has 1 rings (SSSR count). The summed E-state index contributed by atoms with van der Waals surface area (Å²) in [4.78, 5) is 11.2. The molecule has 3 nitrogen and oxygen atoms in total. The van der Waals surface area contributed by atoms with E-state index in [0.717, 1.165) is 13.0 Å². The fourth-order valence-electron chi connectivity index (χ4n) is 1.26. The first-order valence-corrected chi connectivity index (χ1v) is 4.19. The van der Waals surface area contributed by atoms with Crippen molar-refractivity contribution in [3.8, 4) is 0 Å². The van der Waals surface area contributed by atoms with Crippen LogP contribution in [0, 0.1) is 0 Å². The molecular weight excluding hydrogens is 154 g/mol. The van der Waals surface area contributed by atoms with Crippen molar-refractivity contribution in [1.29, 1.82) is 0 Å². The zero-order chi connectivity index (χ0) is 9.03. The zero-order valence-electron chi connectivity index (χ0n) is 7.59. The van der Waals surface area contributed by atoms with E-state index in [1.807, 2.05) is 13.8 Å². The number of ether oxygens (including phenoxy) is 1. The van der Waals surface area contributed by atoms with E-state index >= 15 is 0 Å². The van der Waals surface area contributed by atoms with Crippen LogP contribution >= 0.6 is 0 Å². The lowest BCUT2D eigenvalue weighted by Crippen LogP contribution is -2.45. The van der Waals surface area contributed by atoms with Crippen LogP contribution in [0.5, 0.6) is 0 Å². The lowest BCUT2D eigenvalue weighted by Gasteiger charge is -2.22. The second kappa shape index (κ2) is 3.72. The van der Waals surface area contributed by atoms with Gasteiger partial charge in [-0.3, -0.25) is 4.79 Å². The molecule has 0 radical (unpaired) electrons. The second-order valence-corrected chi connectivity index (χ2v) is 3.35. The Morgan fingerprint density at radius 1 is 1.67 bits per heavy atom. The van der Waals surface area contributed by atoms with E-state index in [4.69, 9.17) is 4.74 Å². The lowest BCUT2D eigenvalue weighted by molar-refractivity contribution is -0.118. The molecule has 0 aromatic carbocycles. The predicted molar refractivity (Wildman–Crippen MR) is 46.8 cm³/mol. The molecule has 3 heteroatoms. The molecule has 1 atom stereocenters. The van der Waals surface area contributed by atoms with Gasteiger partial charge in [-0.1, -0.05) is 6.08 Å². The molecule has 0 aliphatic carbocycles. The van der Waals surface area contributed by atoms with E-state index in [2.05, 4.69) is 5.32 Å². The van der Waals surface area contributed by atoms with Crippen LogP contribution < -0.4 is 5.32 Å². The molecule has 1 aliphatic rings. The van der Waals surface area contributed by atoms with Gasteiger partial charge in [-0.2, -0.15) is 0 Å². The van der Waals surface area contributed by atoms with Crippen molar-refractivity contribution in [3.63, 3.8) is 0 Å². The molecule has 0 bridgehead atoms. The first-order chi connectivity index (χ1) is 5.66. The van der Waals surface area contributed by atoms with Crippen LogP contribution in [-0.2, 0) is 9.53 Å². The van der Waals surface area contributed by atoms with Gasteiger partial charge in [0.2, 0.25) is 5.91 Å². The topological polar surface area (TPSA) is 38.3 Å². The van der Waals surface area contributed by atoms with Crippen molar-refractivity contribution >= 4 is 5.91 Å². The summed E-state index contributed by atoms with van der Waals surface area (Å²) in [6.45, 7) is 5.19. The second-order valence-electron chi connectivity index (χ2n) is 3.35. The summed E-state index contributed by atoms with van der Waals surface area (Å²) < 4.78 is 5.20. The molecule has 0 spiro atoms. The molecule has 0 aromatic rings. The Kier molecular flexibility index (Phi) is 2.87. The molecule has 12 heavy (non-hydrogen) atoms. The van der Waals surface area contributed by atoms with E-state index in [1.165, 1.54) is 6.08 Å². The average molecular weight is 169 g/mol. The summed E-state index contributed by atoms with van der Waals surface area (Å²) in [5.74, 6) is -0.0366. The van der Waals surface area contributed by atoms with Gasteiger partial charge in [0, 0.05) is 6.61 Å². The normalized spacial score (nSPS) is 29.5. The monoisotopic (exact) mass is 169 g/mol. The Morgan fingerprint density at radius 3 is 2.92 bits per heavy atom. The SMILES string of the molecule is C/C=C/C(=O)NC1(C)CCOC1. The van der Waals surface area contributed by atoms with E-state index in [0.29, 0.717) is 6.61 Å². The van der Waals surface area contributed by atoms with Crippen LogP contribution in [0.1, 0.15) is 20.3 Å². The third-order valence-corrected chi connectivity index (χ3v) is 1.96. The predicted octanol–water partition coefficient (Wildman–Crippen LogP) is 0.858. The van der Waals surface area contributed by atoms with E-state index in [-0.39, 0.29) is 11.4 Å². The van der Waals surface area contributed by atoms with Gasteiger partial charge in [-0.25, -0.2) is 0 Å². The summed E-state index contributed by atoms with van der Waals surface area (Å²) in [5, 5.41) is 2.91. The van der Waals surface area contributed by atoms with Crippen molar-refractivity contribution < 1.29 is 9.53 Å². The number of rotatable bonds is 2. The van der Waals surface area contributed by atoms with E-state index in [9.17, 15) is 4.79 Å². The molecule has 68 valence electrons. The molecule has 0 aromatic heterocycles. The maximum absolute atomic E-state index is 11.2. The van der Waals surface area contributed by atoms with Crippen LogP contribution in [0.25, 0.3) is 0 Å². The molecule has 1 unspecified atom stereocenters. The number of carbonyl (C=O) groups excluding carboxylic acids is 1. The molecule has 1 saturated heterocycles. The summed E-state index contributed by atoms with van der Waals surface area (Å²) in [7, 11) is 0. The van der Waals surface area contributed by atoms with Crippen LogP contribution in [0.3, 0.4) is 0 Å². The highest BCUT2D eigenvalue weighted by molar-refractivity contribution is 5.88. The minimum absolute atomic E-state index is 0.0366. The minimum Gasteiger partial charge on any atom is -0.379 e. The third-order valence-electron chi connectivity index (χ3n) is 1.96. The number of hydrogen-bond acceptors (Lipinski definition) is 2. The third kappa shape index (κ3) is 2.34. The average Bonchev–Trinajstić information content (AvgIpc) is 2.36. The van der Waals surface area contributed by atoms with Gasteiger partial charge in [0.15, 0.2) is 0 Å². The fourth-order valence-corrected chi connectivity index (χ4v) is 1.26. The van der Waals surface area contributed by atoms with Crippen LogP contribution in [-0.4, -0.2) is 24.7 Å². The van der Waals surface area contributed by atoms with Crippen molar-refractivity contribution in [3.05, 3.63) is 12.2 Å². The number of carbonyl (C=O) groups is 1. The van der Waals surface area contributed by atoms with Gasteiger partial charge in [0.05, 0.1) is 12.1 Å². The van der Waals surface area contributed by atoms with Gasteiger partial charge in [-0.05, 0) is 26.3 Å². The van der Waals surface area contributed by atoms with Gasteiger partial charge in [0.25, 0.3) is 0 Å². The van der Waals surface area contributed by atoms with Gasteiger partial charge in [-0.15, -0.1) is 0 Å². The summed E-state index contributed by atoms with van der Waals surface area (Å²) in [6.07, 6.45) is 4.16. The smallest absolute Gasteiger partial charge is 0.244 e. The first kappa shape index (κ1) is 9.26.